The molecule has 4 nitrogen and oxygen atoms in total. The fraction of sp³-hybridized carbons (Fsp3) is 0.143. The van der Waals surface area contributed by atoms with Crippen LogP contribution in [0.2, 0.25) is 0 Å². The minimum atomic E-state index is -0.227. The van der Waals surface area contributed by atoms with Crippen molar-refractivity contribution in [2.24, 2.45) is 0 Å². The number of aromatic nitrogens is 4. The van der Waals surface area contributed by atoms with E-state index in [0.717, 1.165) is 45.6 Å². The highest BCUT2D eigenvalue weighted by atomic mass is 19.1. The van der Waals surface area contributed by atoms with E-state index in [1.807, 2.05) is 24.4 Å². The van der Waals surface area contributed by atoms with Gasteiger partial charge in [0.15, 0.2) is 0 Å². The standard InChI is InChI=1S/C49H39FN4/c1-29(2)41-27-35(33-18-20-36(50)21-19-33)28-42(30(3)4)47(41)53-44-16-6-5-15-43(44)52-48(53)34-11-7-10-31(25-34)24-32-17-22-37-38-12-8-13-39-40-14-9-23-51-49(40)54(46(38)39)45(37)26-32/h5-23,25-30H,24H2,1-4H3. The Morgan fingerprint density at radius 3 is 2.06 bits per heavy atom. The number of hydrogen-bond acceptors (Lipinski definition) is 2. The van der Waals surface area contributed by atoms with Crippen molar-refractivity contribution in [3.63, 3.8) is 0 Å². The molecule has 4 aromatic heterocycles. The zero-order valence-electron chi connectivity index (χ0n) is 30.8. The Kier molecular flexibility index (Phi) is 7.41. The second-order valence-corrected chi connectivity index (χ2v) is 15.2. The topological polar surface area (TPSA) is 35.1 Å². The maximum Gasteiger partial charge on any atom is 0.145 e. The molecule has 0 aliphatic heterocycles. The first kappa shape index (κ1) is 32.3. The predicted octanol–water partition coefficient (Wildman–Crippen LogP) is 12.9. The fourth-order valence-corrected chi connectivity index (χ4v) is 8.57. The van der Waals surface area contributed by atoms with Crippen molar-refractivity contribution >= 4 is 49.3 Å². The number of para-hydroxylation sites is 3. The van der Waals surface area contributed by atoms with Crippen LogP contribution in [0.5, 0.6) is 0 Å². The van der Waals surface area contributed by atoms with Gasteiger partial charge in [-0.3, -0.25) is 8.97 Å². The van der Waals surface area contributed by atoms with Gasteiger partial charge in [0.25, 0.3) is 0 Å². The van der Waals surface area contributed by atoms with E-state index in [0.29, 0.717) is 0 Å². The maximum absolute atomic E-state index is 13.9. The molecule has 0 saturated carbocycles. The lowest BCUT2D eigenvalue weighted by atomic mass is 9.88. The van der Waals surface area contributed by atoms with Crippen LogP contribution in [0.1, 0.15) is 61.8 Å². The van der Waals surface area contributed by atoms with Crippen LogP contribution in [0.3, 0.4) is 0 Å². The molecule has 10 rings (SSSR count). The minimum absolute atomic E-state index is 0.227. The molecule has 6 aromatic carbocycles. The normalized spacial score (nSPS) is 12.2. The predicted molar refractivity (Wildman–Crippen MR) is 222 cm³/mol. The van der Waals surface area contributed by atoms with Gasteiger partial charge < -0.3 is 0 Å². The summed E-state index contributed by atoms with van der Waals surface area (Å²) in [5.74, 6) is 1.17. The smallest absolute Gasteiger partial charge is 0.145 e. The lowest BCUT2D eigenvalue weighted by molar-refractivity contribution is 0.628. The highest BCUT2D eigenvalue weighted by molar-refractivity contribution is 6.22. The molecule has 0 radical (unpaired) electrons. The van der Waals surface area contributed by atoms with Crippen LogP contribution in [0.4, 0.5) is 4.39 Å². The second-order valence-electron chi connectivity index (χ2n) is 15.2. The van der Waals surface area contributed by atoms with Gasteiger partial charge in [-0.1, -0.05) is 100 Å². The fourth-order valence-electron chi connectivity index (χ4n) is 8.57. The van der Waals surface area contributed by atoms with Crippen LogP contribution < -0.4 is 0 Å². The Labute approximate surface area is 313 Å². The maximum atomic E-state index is 13.9. The average molecular weight is 703 g/mol. The lowest BCUT2D eigenvalue weighted by Crippen LogP contribution is -2.09. The average Bonchev–Trinajstić information content (AvgIpc) is 3.85. The monoisotopic (exact) mass is 702 g/mol. The molecule has 262 valence electrons. The van der Waals surface area contributed by atoms with Crippen molar-refractivity contribution in [2.45, 2.75) is 46.0 Å². The number of pyridine rings is 1. The van der Waals surface area contributed by atoms with Gasteiger partial charge in [0.05, 0.1) is 27.8 Å². The molecule has 5 heteroatoms. The van der Waals surface area contributed by atoms with Crippen LogP contribution in [-0.4, -0.2) is 18.9 Å². The van der Waals surface area contributed by atoms with E-state index in [9.17, 15) is 4.39 Å². The molecule has 0 atom stereocenters. The van der Waals surface area contributed by atoms with E-state index in [2.05, 4.69) is 140 Å². The van der Waals surface area contributed by atoms with Gasteiger partial charge in [-0.15, -0.1) is 0 Å². The molecule has 0 saturated heterocycles. The summed E-state index contributed by atoms with van der Waals surface area (Å²) in [6, 6.07) is 46.4. The molecule has 0 amide bonds. The van der Waals surface area contributed by atoms with Gasteiger partial charge in [-0.25, -0.2) is 14.4 Å². The molecule has 4 heterocycles. The molecule has 0 spiro atoms. The third-order valence-corrected chi connectivity index (χ3v) is 11.1. The summed E-state index contributed by atoms with van der Waals surface area (Å²) < 4.78 is 18.7. The van der Waals surface area contributed by atoms with Crippen LogP contribution in [-0.2, 0) is 6.42 Å². The van der Waals surface area contributed by atoms with E-state index in [1.54, 1.807) is 12.1 Å². The van der Waals surface area contributed by atoms with Gasteiger partial charge in [-0.2, -0.15) is 0 Å². The van der Waals surface area contributed by atoms with E-state index in [-0.39, 0.29) is 17.7 Å². The lowest BCUT2D eigenvalue weighted by Gasteiger charge is -2.24. The molecule has 0 aliphatic rings. The van der Waals surface area contributed by atoms with Crippen molar-refractivity contribution in [3.05, 3.63) is 168 Å². The first-order valence-corrected chi connectivity index (χ1v) is 18.9. The molecule has 0 unspecified atom stereocenters. The Hall–Kier alpha value is -6.33. The summed E-state index contributed by atoms with van der Waals surface area (Å²) in [5, 5.41) is 4.95. The SMILES string of the molecule is CC(C)c1cc(-c2ccc(F)cc2)cc(C(C)C)c1-n1c(-c2cccc(Cc3ccc4c5cccc6c7cccnc7n(c4c3)c56)c2)nc2ccccc21. The van der Waals surface area contributed by atoms with E-state index < -0.39 is 0 Å². The quantitative estimate of drug-likeness (QED) is 0.166. The Bertz CT molecular complexity index is 3010. The number of imidazole rings is 1. The molecular formula is C49H39FN4. The first-order chi connectivity index (χ1) is 26.3. The van der Waals surface area contributed by atoms with Crippen molar-refractivity contribution < 1.29 is 4.39 Å². The number of rotatable bonds is 7. The highest BCUT2D eigenvalue weighted by Gasteiger charge is 2.24. The van der Waals surface area contributed by atoms with Gasteiger partial charge in [-0.05, 0) is 112 Å². The molecule has 0 fully saturated rings. The third kappa shape index (κ3) is 5.02. The Balaban J connectivity index is 1.12. The number of benzene rings is 6. The number of fused-ring (bicyclic) bond motifs is 7. The second kappa shape index (κ2) is 12.4. The number of nitrogens with zero attached hydrogens (tertiary/aromatic N) is 4. The van der Waals surface area contributed by atoms with Gasteiger partial charge in [0.1, 0.15) is 17.3 Å². The van der Waals surface area contributed by atoms with E-state index >= 15 is 0 Å². The minimum Gasteiger partial charge on any atom is -0.293 e. The first-order valence-electron chi connectivity index (χ1n) is 18.9. The zero-order chi connectivity index (χ0) is 36.7. The summed E-state index contributed by atoms with van der Waals surface area (Å²) in [7, 11) is 0. The summed E-state index contributed by atoms with van der Waals surface area (Å²) in [4.78, 5) is 10.2. The van der Waals surface area contributed by atoms with Crippen molar-refractivity contribution in [2.75, 3.05) is 0 Å². The largest absolute Gasteiger partial charge is 0.293 e. The van der Waals surface area contributed by atoms with Gasteiger partial charge in [0, 0.05) is 33.3 Å². The van der Waals surface area contributed by atoms with Crippen molar-refractivity contribution in [1.29, 1.82) is 0 Å². The van der Waals surface area contributed by atoms with Crippen LogP contribution in [0.15, 0.2) is 140 Å². The Morgan fingerprint density at radius 2 is 1.28 bits per heavy atom. The number of hydrogen-bond donors (Lipinski definition) is 0. The van der Waals surface area contributed by atoms with Gasteiger partial charge >= 0.3 is 0 Å². The molecule has 0 aliphatic carbocycles. The van der Waals surface area contributed by atoms with Crippen molar-refractivity contribution in [3.8, 4) is 28.2 Å². The van der Waals surface area contributed by atoms with Crippen molar-refractivity contribution in [1.82, 2.24) is 18.9 Å². The molecule has 0 bridgehead atoms. The Morgan fingerprint density at radius 1 is 0.574 bits per heavy atom. The molecule has 54 heavy (non-hydrogen) atoms. The van der Waals surface area contributed by atoms with E-state index in [1.165, 1.54) is 60.5 Å². The highest BCUT2D eigenvalue weighted by Crippen LogP contribution is 2.41. The zero-order valence-corrected chi connectivity index (χ0v) is 30.8. The third-order valence-electron chi connectivity index (χ3n) is 11.1. The van der Waals surface area contributed by atoms with Crippen LogP contribution in [0.25, 0.3) is 77.5 Å². The summed E-state index contributed by atoms with van der Waals surface area (Å²) in [5.41, 5.74) is 14.8. The summed E-state index contributed by atoms with van der Waals surface area (Å²) in [6.07, 6.45) is 2.67. The van der Waals surface area contributed by atoms with Crippen LogP contribution >= 0.6 is 0 Å². The molecule has 10 aromatic rings. The molecular weight excluding hydrogens is 664 g/mol. The van der Waals surface area contributed by atoms with E-state index in [4.69, 9.17) is 9.97 Å². The van der Waals surface area contributed by atoms with Crippen LogP contribution in [0, 0.1) is 5.82 Å². The number of halogens is 1. The summed E-state index contributed by atoms with van der Waals surface area (Å²) >= 11 is 0. The molecule has 0 N–H and O–H groups in total. The van der Waals surface area contributed by atoms with Gasteiger partial charge in [0.2, 0.25) is 0 Å². The summed E-state index contributed by atoms with van der Waals surface area (Å²) in [6.45, 7) is 9.01.